The first-order chi connectivity index (χ1) is 13.9. The van der Waals surface area contributed by atoms with E-state index in [9.17, 15) is 4.79 Å². The first-order valence-corrected chi connectivity index (χ1v) is 11.8. The Morgan fingerprint density at radius 1 is 1.28 bits per heavy atom. The minimum absolute atomic E-state index is 0.223. The highest BCUT2D eigenvalue weighted by molar-refractivity contribution is 7.99. The number of ether oxygens (including phenoxy) is 1. The number of rotatable bonds is 8. The molecule has 1 atom stereocenters. The van der Waals surface area contributed by atoms with Crippen LogP contribution in [0.1, 0.15) is 32.2 Å². The first kappa shape index (κ1) is 21.5. The molecule has 0 saturated heterocycles. The van der Waals surface area contributed by atoms with Crippen molar-refractivity contribution >= 4 is 40.3 Å². The quantitative estimate of drug-likeness (QED) is 0.412. The molecule has 1 N–H and O–H groups in total. The van der Waals surface area contributed by atoms with Gasteiger partial charge in [0.2, 0.25) is 5.44 Å². The van der Waals surface area contributed by atoms with E-state index in [2.05, 4.69) is 21.5 Å². The molecule has 1 unspecified atom stereocenters. The molecule has 154 valence electrons. The number of aryl methyl sites for hydroxylation is 1. The monoisotopic (exact) mass is 431 g/mol. The Balaban J connectivity index is 1.74. The summed E-state index contributed by atoms with van der Waals surface area (Å²) in [4.78, 5) is 18.4. The fourth-order valence-corrected chi connectivity index (χ4v) is 3.70. The summed E-state index contributed by atoms with van der Waals surface area (Å²) in [6.07, 6.45) is 6.46. The van der Waals surface area contributed by atoms with Gasteiger partial charge in [-0.2, -0.15) is 0 Å². The molecular formula is C21H25N3O3S2. The number of hydrogen-bond acceptors (Lipinski definition) is 7. The van der Waals surface area contributed by atoms with Gasteiger partial charge in [-0.3, -0.25) is 9.78 Å². The summed E-state index contributed by atoms with van der Waals surface area (Å²) in [5.74, 6) is 1.19. The van der Waals surface area contributed by atoms with Crippen molar-refractivity contribution in [2.75, 3.05) is 12.5 Å². The second-order valence-corrected chi connectivity index (χ2v) is 8.84. The number of nitrogens with zero attached hydrogens (tertiary/aromatic N) is 2. The Kier molecular flexibility index (Phi) is 6.74. The van der Waals surface area contributed by atoms with Crippen LogP contribution in [0.2, 0.25) is 0 Å². The Labute approximate surface area is 179 Å². The maximum absolute atomic E-state index is 12.9. The van der Waals surface area contributed by atoms with Crippen LogP contribution in [-0.2, 0) is 16.8 Å². The molecule has 3 aromatic rings. The molecule has 0 aliphatic heterocycles. The third-order valence-corrected chi connectivity index (χ3v) is 5.95. The van der Waals surface area contributed by atoms with Crippen molar-refractivity contribution in [1.82, 2.24) is 15.5 Å². The van der Waals surface area contributed by atoms with Gasteiger partial charge in [-0.25, -0.2) is 0 Å². The molecule has 29 heavy (non-hydrogen) atoms. The number of aromatic nitrogens is 2. The molecule has 2 heterocycles. The summed E-state index contributed by atoms with van der Waals surface area (Å²) in [7, 11) is 0. The fraction of sp³-hybridized carbons (Fsp3) is 0.381. The molecule has 6 nitrogen and oxygen atoms in total. The second kappa shape index (κ2) is 9.09. The van der Waals surface area contributed by atoms with Crippen molar-refractivity contribution in [3.63, 3.8) is 0 Å². The average molecular weight is 432 g/mol. The van der Waals surface area contributed by atoms with E-state index >= 15 is 0 Å². The van der Waals surface area contributed by atoms with E-state index in [-0.39, 0.29) is 5.91 Å². The molecule has 0 fully saturated rings. The van der Waals surface area contributed by atoms with Gasteiger partial charge >= 0.3 is 0 Å². The number of carbonyl (C=O) groups is 1. The second-order valence-electron chi connectivity index (χ2n) is 7.06. The SMILES string of the molecule is CCc1cc(C(C)(C)NC(=O)C(Oc2ccc3ncc(SC)cc3c2)SC)no1. The summed E-state index contributed by atoms with van der Waals surface area (Å²) in [5.41, 5.74) is 0.204. The summed E-state index contributed by atoms with van der Waals surface area (Å²) >= 11 is 2.97. The van der Waals surface area contributed by atoms with E-state index in [0.29, 0.717) is 11.4 Å². The predicted octanol–water partition coefficient (Wildman–Crippen LogP) is 4.63. The predicted molar refractivity (Wildman–Crippen MR) is 119 cm³/mol. The topological polar surface area (TPSA) is 77.2 Å². The molecule has 3 rings (SSSR count). The summed E-state index contributed by atoms with van der Waals surface area (Å²) in [6.45, 7) is 5.78. The zero-order valence-corrected chi connectivity index (χ0v) is 18.8. The number of carbonyl (C=O) groups excluding carboxylic acids is 1. The van der Waals surface area contributed by atoms with Crippen molar-refractivity contribution in [3.8, 4) is 5.75 Å². The van der Waals surface area contributed by atoms with Crippen molar-refractivity contribution in [2.24, 2.45) is 0 Å². The summed E-state index contributed by atoms with van der Waals surface area (Å²) in [6, 6.07) is 9.58. The highest BCUT2D eigenvalue weighted by atomic mass is 32.2. The Bertz CT molecular complexity index is 1000. The van der Waals surface area contributed by atoms with E-state index < -0.39 is 11.0 Å². The van der Waals surface area contributed by atoms with Gasteiger partial charge in [-0.05, 0) is 50.6 Å². The number of benzene rings is 1. The largest absolute Gasteiger partial charge is 0.470 e. The van der Waals surface area contributed by atoms with Crippen molar-refractivity contribution < 1.29 is 14.1 Å². The number of pyridine rings is 1. The molecule has 0 bridgehead atoms. The average Bonchev–Trinajstić information content (AvgIpc) is 3.21. The molecular weight excluding hydrogens is 406 g/mol. The number of thioether (sulfide) groups is 2. The molecule has 8 heteroatoms. The molecule has 2 aromatic heterocycles. The van der Waals surface area contributed by atoms with Crippen LogP contribution in [0.15, 0.2) is 45.9 Å². The van der Waals surface area contributed by atoms with E-state index in [0.717, 1.165) is 28.0 Å². The molecule has 1 amide bonds. The number of fused-ring (bicyclic) bond motifs is 1. The lowest BCUT2D eigenvalue weighted by molar-refractivity contribution is -0.126. The van der Waals surface area contributed by atoms with Gasteiger partial charge in [-0.15, -0.1) is 23.5 Å². The first-order valence-electron chi connectivity index (χ1n) is 9.27. The van der Waals surface area contributed by atoms with Crippen LogP contribution in [0.3, 0.4) is 0 Å². The van der Waals surface area contributed by atoms with Crippen molar-refractivity contribution in [3.05, 3.63) is 48.0 Å². The molecule has 0 saturated carbocycles. The van der Waals surface area contributed by atoms with Crippen LogP contribution < -0.4 is 10.1 Å². The van der Waals surface area contributed by atoms with Crippen molar-refractivity contribution in [1.29, 1.82) is 0 Å². The van der Waals surface area contributed by atoms with E-state index in [1.165, 1.54) is 11.8 Å². The third kappa shape index (κ3) is 5.05. The van der Waals surface area contributed by atoms with Crippen LogP contribution in [0.25, 0.3) is 10.9 Å². The van der Waals surface area contributed by atoms with E-state index in [1.807, 2.05) is 63.7 Å². The molecule has 0 aliphatic rings. The van der Waals surface area contributed by atoms with Gasteiger partial charge in [0, 0.05) is 29.0 Å². The number of nitrogens with one attached hydrogen (secondary N) is 1. The summed E-state index contributed by atoms with van der Waals surface area (Å²) in [5, 5.41) is 8.08. The summed E-state index contributed by atoms with van der Waals surface area (Å²) < 4.78 is 11.3. The normalized spacial score (nSPS) is 12.7. The van der Waals surface area contributed by atoms with E-state index in [4.69, 9.17) is 9.26 Å². The van der Waals surface area contributed by atoms with Crippen LogP contribution in [0, 0.1) is 0 Å². The van der Waals surface area contributed by atoms with Crippen LogP contribution in [0.5, 0.6) is 5.75 Å². The van der Waals surface area contributed by atoms with Gasteiger partial charge in [0.05, 0.1) is 11.1 Å². The van der Waals surface area contributed by atoms with Crippen LogP contribution in [0.4, 0.5) is 0 Å². The van der Waals surface area contributed by atoms with Crippen LogP contribution >= 0.6 is 23.5 Å². The smallest absolute Gasteiger partial charge is 0.272 e. The van der Waals surface area contributed by atoms with Gasteiger partial charge in [0.1, 0.15) is 17.2 Å². The Hall–Kier alpha value is -2.19. The molecule has 0 aliphatic carbocycles. The van der Waals surface area contributed by atoms with Gasteiger partial charge in [0.25, 0.3) is 5.91 Å². The highest BCUT2D eigenvalue weighted by Crippen LogP contribution is 2.26. The molecule has 0 spiro atoms. The lowest BCUT2D eigenvalue weighted by atomic mass is 10.0. The number of amides is 1. The molecule has 1 aromatic carbocycles. The van der Waals surface area contributed by atoms with Gasteiger partial charge < -0.3 is 14.6 Å². The standard InChI is InChI=1S/C21H25N3O3S2/c1-6-14-11-18(24-27-14)21(2,3)23-19(25)20(29-5)26-15-7-8-17-13(9-15)10-16(28-4)12-22-17/h7-12,20H,6H2,1-5H3,(H,23,25). The third-order valence-electron chi connectivity index (χ3n) is 4.52. The Morgan fingerprint density at radius 2 is 2.07 bits per heavy atom. The van der Waals surface area contributed by atoms with Gasteiger partial charge in [0.15, 0.2) is 0 Å². The lowest BCUT2D eigenvalue weighted by Gasteiger charge is -2.26. The van der Waals surface area contributed by atoms with Crippen molar-refractivity contribution in [2.45, 2.75) is 43.1 Å². The van der Waals surface area contributed by atoms with E-state index in [1.54, 1.807) is 11.8 Å². The minimum atomic E-state index is -0.694. The lowest BCUT2D eigenvalue weighted by Crippen LogP contribution is -2.46. The minimum Gasteiger partial charge on any atom is -0.470 e. The van der Waals surface area contributed by atoms with Gasteiger partial charge in [-0.1, -0.05) is 12.1 Å². The Morgan fingerprint density at radius 3 is 2.72 bits per heavy atom. The maximum Gasteiger partial charge on any atom is 0.272 e. The maximum atomic E-state index is 12.9. The number of hydrogen-bond donors (Lipinski definition) is 1. The fourth-order valence-electron chi connectivity index (χ4n) is 2.81. The zero-order valence-electron chi connectivity index (χ0n) is 17.2. The van der Waals surface area contributed by atoms with Crippen LogP contribution in [-0.4, -0.2) is 34.0 Å². The zero-order chi connectivity index (χ0) is 21.0. The highest BCUT2D eigenvalue weighted by Gasteiger charge is 2.30. The molecule has 0 radical (unpaired) electrons.